The van der Waals surface area contributed by atoms with Gasteiger partial charge in [0.1, 0.15) is 0 Å². The molecule has 0 unspecified atom stereocenters. The number of carbonyl (C=O) groups is 2. The molecular formula is C22H17F3N2O2. The van der Waals surface area contributed by atoms with Gasteiger partial charge < -0.3 is 10.6 Å². The first-order valence-corrected chi connectivity index (χ1v) is 8.74. The van der Waals surface area contributed by atoms with Crippen LogP contribution >= 0.6 is 0 Å². The number of hydrogen-bond donors (Lipinski definition) is 2. The minimum absolute atomic E-state index is 0.129. The molecule has 0 bridgehead atoms. The fourth-order valence-electron chi connectivity index (χ4n) is 2.58. The molecule has 0 saturated heterocycles. The second-order valence-electron chi connectivity index (χ2n) is 6.42. The van der Waals surface area contributed by atoms with Crippen LogP contribution in [0.2, 0.25) is 0 Å². The van der Waals surface area contributed by atoms with Gasteiger partial charge in [0.05, 0.1) is 5.69 Å². The summed E-state index contributed by atoms with van der Waals surface area (Å²) in [6.07, 6.45) is 0. The Morgan fingerprint density at radius 1 is 0.759 bits per heavy atom. The number of rotatable bonds is 5. The molecule has 0 heterocycles. The lowest BCUT2D eigenvalue weighted by Crippen LogP contribution is -2.23. The normalized spacial score (nSPS) is 10.5. The maximum atomic E-state index is 13.7. The second kappa shape index (κ2) is 8.60. The molecule has 0 aliphatic carbocycles. The molecule has 0 radical (unpaired) electrons. The Morgan fingerprint density at radius 3 is 1.97 bits per heavy atom. The number of anilines is 1. The van der Waals surface area contributed by atoms with E-state index in [-0.39, 0.29) is 11.5 Å². The van der Waals surface area contributed by atoms with Gasteiger partial charge in [-0.3, -0.25) is 9.59 Å². The number of halogens is 3. The minimum Gasteiger partial charge on any atom is -0.348 e. The van der Waals surface area contributed by atoms with E-state index in [0.29, 0.717) is 12.1 Å². The predicted octanol–water partition coefficient (Wildman–Crippen LogP) is 4.59. The van der Waals surface area contributed by atoms with Crippen LogP contribution in [0.25, 0.3) is 0 Å². The zero-order chi connectivity index (χ0) is 21.0. The smallest absolute Gasteiger partial charge is 0.255 e. The molecule has 0 aliphatic rings. The molecule has 0 spiro atoms. The van der Waals surface area contributed by atoms with E-state index in [1.54, 1.807) is 0 Å². The Labute approximate surface area is 165 Å². The first-order valence-electron chi connectivity index (χ1n) is 8.74. The molecular weight excluding hydrogens is 381 g/mol. The van der Waals surface area contributed by atoms with Crippen LogP contribution in [0.1, 0.15) is 31.8 Å². The Hall–Kier alpha value is -3.61. The summed E-state index contributed by atoms with van der Waals surface area (Å²) in [7, 11) is 0. The molecule has 0 atom stereocenters. The van der Waals surface area contributed by atoms with Crippen LogP contribution in [0.15, 0.2) is 60.7 Å². The number of amides is 2. The standard InChI is InChI=1S/C22H17F3N2O2/c1-13-2-4-14(5-3-13)12-26-21(28)15-6-8-16(9-7-15)22(29)27-18-11-10-17(23)19(24)20(18)25/h2-11H,12H2,1H3,(H,26,28)(H,27,29). The second-order valence-corrected chi connectivity index (χ2v) is 6.42. The number of carbonyl (C=O) groups excluding carboxylic acids is 2. The molecule has 7 heteroatoms. The van der Waals surface area contributed by atoms with E-state index in [9.17, 15) is 22.8 Å². The summed E-state index contributed by atoms with van der Waals surface area (Å²) in [5.74, 6) is -5.53. The molecule has 0 saturated carbocycles. The van der Waals surface area contributed by atoms with Gasteiger partial charge in [-0.1, -0.05) is 29.8 Å². The fraction of sp³-hybridized carbons (Fsp3) is 0.0909. The SMILES string of the molecule is Cc1ccc(CNC(=O)c2ccc(C(=O)Nc3ccc(F)c(F)c3F)cc2)cc1. The van der Waals surface area contributed by atoms with Crippen LogP contribution < -0.4 is 10.6 Å². The average Bonchev–Trinajstić information content (AvgIpc) is 2.73. The largest absolute Gasteiger partial charge is 0.348 e. The third kappa shape index (κ3) is 4.82. The number of benzene rings is 3. The van der Waals surface area contributed by atoms with Gasteiger partial charge in [0.2, 0.25) is 0 Å². The fourth-order valence-corrected chi connectivity index (χ4v) is 2.58. The Kier molecular flexibility index (Phi) is 5.97. The Balaban J connectivity index is 1.63. The first kappa shape index (κ1) is 20.1. The van der Waals surface area contributed by atoms with Crippen LogP contribution in [-0.2, 0) is 6.54 Å². The van der Waals surface area contributed by atoms with E-state index in [1.165, 1.54) is 24.3 Å². The van der Waals surface area contributed by atoms with Crippen LogP contribution in [0.4, 0.5) is 18.9 Å². The maximum Gasteiger partial charge on any atom is 0.255 e. The van der Waals surface area contributed by atoms with E-state index < -0.39 is 29.0 Å². The van der Waals surface area contributed by atoms with Crippen molar-refractivity contribution in [2.24, 2.45) is 0 Å². The van der Waals surface area contributed by atoms with E-state index in [0.717, 1.165) is 23.3 Å². The van der Waals surface area contributed by atoms with Crippen LogP contribution in [0.5, 0.6) is 0 Å². The molecule has 4 nitrogen and oxygen atoms in total. The maximum absolute atomic E-state index is 13.7. The van der Waals surface area contributed by atoms with Crippen molar-refractivity contribution in [1.82, 2.24) is 5.32 Å². The molecule has 3 aromatic rings. The zero-order valence-corrected chi connectivity index (χ0v) is 15.4. The lowest BCUT2D eigenvalue weighted by molar-refractivity contribution is 0.0949. The Morgan fingerprint density at radius 2 is 1.34 bits per heavy atom. The molecule has 148 valence electrons. The van der Waals surface area contributed by atoms with E-state index in [4.69, 9.17) is 0 Å². The number of aryl methyl sites for hydroxylation is 1. The van der Waals surface area contributed by atoms with Crippen molar-refractivity contribution in [3.05, 3.63) is 100 Å². The molecule has 3 rings (SSSR count). The molecule has 0 aliphatic heterocycles. The quantitative estimate of drug-likeness (QED) is 0.618. The Bertz CT molecular complexity index is 1050. The van der Waals surface area contributed by atoms with Crippen molar-refractivity contribution < 1.29 is 22.8 Å². The number of hydrogen-bond acceptors (Lipinski definition) is 2. The highest BCUT2D eigenvalue weighted by atomic mass is 19.2. The molecule has 29 heavy (non-hydrogen) atoms. The molecule has 2 N–H and O–H groups in total. The zero-order valence-electron chi connectivity index (χ0n) is 15.4. The summed E-state index contributed by atoms with van der Waals surface area (Å²) < 4.78 is 39.9. The van der Waals surface area contributed by atoms with Gasteiger partial charge in [0.25, 0.3) is 11.8 Å². The van der Waals surface area contributed by atoms with Crippen LogP contribution in [0.3, 0.4) is 0 Å². The monoisotopic (exact) mass is 398 g/mol. The van der Waals surface area contributed by atoms with Gasteiger partial charge in [-0.15, -0.1) is 0 Å². The molecule has 2 amide bonds. The van der Waals surface area contributed by atoms with E-state index >= 15 is 0 Å². The van der Waals surface area contributed by atoms with Gasteiger partial charge in [0, 0.05) is 17.7 Å². The topological polar surface area (TPSA) is 58.2 Å². The van der Waals surface area contributed by atoms with Gasteiger partial charge in [0.15, 0.2) is 17.5 Å². The predicted molar refractivity (Wildman–Crippen MR) is 103 cm³/mol. The van der Waals surface area contributed by atoms with Crippen molar-refractivity contribution in [3.8, 4) is 0 Å². The lowest BCUT2D eigenvalue weighted by atomic mass is 10.1. The molecule has 3 aromatic carbocycles. The van der Waals surface area contributed by atoms with Gasteiger partial charge >= 0.3 is 0 Å². The van der Waals surface area contributed by atoms with Gasteiger partial charge in [-0.25, -0.2) is 13.2 Å². The van der Waals surface area contributed by atoms with Crippen molar-refractivity contribution in [2.75, 3.05) is 5.32 Å². The summed E-state index contributed by atoms with van der Waals surface area (Å²) in [4.78, 5) is 24.4. The summed E-state index contributed by atoms with van der Waals surface area (Å²) in [5, 5.41) is 4.95. The summed E-state index contributed by atoms with van der Waals surface area (Å²) in [6, 6.07) is 15.0. The third-order valence-electron chi connectivity index (χ3n) is 4.27. The van der Waals surface area contributed by atoms with Crippen molar-refractivity contribution >= 4 is 17.5 Å². The molecule has 0 aromatic heterocycles. The molecule has 0 fully saturated rings. The minimum atomic E-state index is -1.66. The highest BCUT2D eigenvalue weighted by Gasteiger charge is 2.16. The van der Waals surface area contributed by atoms with Gasteiger partial charge in [-0.05, 0) is 48.9 Å². The summed E-state index contributed by atoms with van der Waals surface area (Å²) in [5.41, 5.74) is 2.07. The third-order valence-corrected chi connectivity index (χ3v) is 4.27. The average molecular weight is 398 g/mol. The van der Waals surface area contributed by atoms with Crippen LogP contribution in [0, 0.1) is 24.4 Å². The van der Waals surface area contributed by atoms with Crippen molar-refractivity contribution in [2.45, 2.75) is 13.5 Å². The van der Waals surface area contributed by atoms with Crippen molar-refractivity contribution in [3.63, 3.8) is 0 Å². The van der Waals surface area contributed by atoms with Gasteiger partial charge in [-0.2, -0.15) is 0 Å². The van der Waals surface area contributed by atoms with Crippen LogP contribution in [-0.4, -0.2) is 11.8 Å². The lowest BCUT2D eigenvalue weighted by Gasteiger charge is -2.09. The van der Waals surface area contributed by atoms with E-state index in [2.05, 4.69) is 10.6 Å². The van der Waals surface area contributed by atoms with Crippen molar-refractivity contribution in [1.29, 1.82) is 0 Å². The highest BCUT2D eigenvalue weighted by Crippen LogP contribution is 2.20. The summed E-state index contributed by atoms with van der Waals surface area (Å²) in [6.45, 7) is 2.33. The summed E-state index contributed by atoms with van der Waals surface area (Å²) >= 11 is 0. The first-order chi connectivity index (χ1) is 13.8. The number of nitrogens with one attached hydrogen (secondary N) is 2. The highest BCUT2D eigenvalue weighted by molar-refractivity contribution is 6.05. The van der Waals surface area contributed by atoms with E-state index in [1.807, 2.05) is 31.2 Å².